The number of esters is 2. The van der Waals surface area contributed by atoms with Crippen molar-refractivity contribution in [3.63, 3.8) is 0 Å². The zero-order valence-electron chi connectivity index (χ0n) is 16.6. The number of ether oxygens (including phenoxy) is 2. The fourth-order valence-corrected chi connectivity index (χ4v) is 4.25. The van der Waals surface area contributed by atoms with E-state index in [2.05, 4.69) is 15.9 Å². The van der Waals surface area contributed by atoms with Crippen molar-refractivity contribution in [1.82, 2.24) is 0 Å². The molecule has 0 aliphatic carbocycles. The van der Waals surface area contributed by atoms with Gasteiger partial charge in [0.05, 0.1) is 12.5 Å². The molecule has 2 aromatic rings. The molecule has 2 aromatic carbocycles. The number of carbonyl (C=O) groups excluding carboxylic acids is 3. The van der Waals surface area contributed by atoms with Crippen molar-refractivity contribution in [2.24, 2.45) is 11.8 Å². The van der Waals surface area contributed by atoms with Gasteiger partial charge in [-0.25, -0.2) is 0 Å². The van der Waals surface area contributed by atoms with Crippen LogP contribution >= 0.6 is 15.9 Å². The van der Waals surface area contributed by atoms with Crippen molar-refractivity contribution in [3.8, 4) is 0 Å². The molecule has 0 aromatic heterocycles. The highest BCUT2D eigenvalue weighted by atomic mass is 79.9. The quantitative estimate of drug-likeness (QED) is 0.360. The van der Waals surface area contributed by atoms with Gasteiger partial charge in [-0.1, -0.05) is 58.4 Å². The highest BCUT2D eigenvalue weighted by Gasteiger charge is 2.58. The third-order valence-corrected chi connectivity index (χ3v) is 5.78. The summed E-state index contributed by atoms with van der Waals surface area (Å²) in [4.78, 5) is 38.9. The minimum Gasteiger partial charge on any atom is -0.465 e. The Bertz CT molecular complexity index is 905. The Morgan fingerprint density at radius 3 is 2.31 bits per heavy atom. The molecule has 1 saturated heterocycles. The minimum absolute atomic E-state index is 0.145. The Labute approximate surface area is 178 Å². The number of carbonyl (C=O) groups is 3. The molecule has 1 heterocycles. The van der Waals surface area contributed by atoms with Crippen molar-refractivity contribution in [2.75, 3.05) is 6.61 Å². The number of benzene rings is 2. The van der Waals surface area contributed by atoms with Crippen LogP contribution in [0.25, 0.3) is 0 Å². The second-order valence-electron chi connectivity index (χ2n) is 7.54. The maximum atomic E-state index is 13.6. The fraction of sp³-hybridized carbons (Fsp3) is 0.348. The summed E-state index contributed by atoms with van der Waals surface area (Å²) in [5.74, 6) is -4.08. The SMILES string of the molecule is CCOC(=O)[C@@H]1C(=O)OC(C)(C)[C@@H]1[C@H](C(=O)c1ccc(Br)cc1)c1ccccc1. The van der Waals surface area contributed by atoms with Crippen LogP contribution in [-0.4, -0.2) is 29.9 Å². The lowest BCUT2D eigenvalue weighted by molar-refractivity contribution is -0.157. The van der Waals surface area contributed by atoms with Gasteiger partial charge in [-0.3, -0.25) is 14.4 Å². The summed E-state index contributed by atoms with van der Waals surface area (Å²) >= 11 is 3.38. The van der Waals surface area contributed by atoms with E-state index in [0.29, 0.717) is 5.56 Å². The zero-order chi connectivity index (χ0) is 21.2. The third-order valence-electron chi connectivity index (χ3n) is 5.25. The molecule has 152 valence electrons. The van der Waals surface area contributed by atoms with Crippen molar-refractivity contribution >= 4 is 33.7 Å². The Hall–Kier alpha value is -2.47. The summed E-state index contributed by atoms with van der Waals surface area (Å²) in [6.45, 7) is 5.30. The molecule has 0 spiro atoms. The van der Waals surface area contributed by atoms with Crippen LogP contribution in [0.3, 0.4) is 0 Å². The van der Waals surface area contributed by atoms with Gasteiger partial charge in [0.15, 0.2) is 11.7 Å². The Kier molecular flexibility index (Phi) is 6.22. The van der Waals surface area contributed by atoms with Crippen molar-refractivity contribution < 1.29 is 23.9 Å². The summed E-state index contributed by atoms with van der Waals surface area (Å²) in [5, 5.41) is 0. The fourth-order valence-electron chi connectivity index (χ4n) is 3.98. The Morgan fingerprint density at radius 1 is 1.10 bits per heavy atom. The molecule has 0 N–H and O–H groups in total. The largest absolute Gasteiger partial charge is 0.465 e. The van der Waals surface area contributed by atoms with E-state index < -0.39 is 35.3 Å². The summed E-state index contributed by atoms with van der Waals surface area (Å²) in [6.07, 6.45) is 0. The minimum atomic E-state index is -1.16. The molecular weight excluding hydrogens is 436 g/mol. The van der Waals surface area contributed by atoms with Gasteiger partial charge in [0, 0.05) is 16.0 Å². The molecule has 3 atom stereocenters. The van der Waals surface area contributed by atoms with Gasteiger partial charge in [0.2, 0.25) is 0 Å². The zero-order valence-corrected chi connectivity index (χ0v) is 18.1. The van der Waals surface area contributed by atoms with Crippen molar-refractivity contribution in [1.29, 1.82) is 0 Å². The molecule has 0 saturated carbocycles. The predicted molar refractivity (Wildman–Crippen MR) is 111 cm³/mol. The van der Waals surface area contributed by atoms with Crippen LogP contribution in [0, 0.1) is 11.8 Å². The van der Waals surface area contributed by atoms with E-state index >= 15 is 0 Å². The van der Waals surface area contributed by atoms with Crippen LogP contribution in [0.2, 0.25) is 0 Å². The summed E-state index contributed by atoms with van der Waals surface area (Å²) in [7, 11) is 0. The smallest absolute Gasteiger partial charge is 0.321 e. The number of cyclic esters (lactones) is 1. The summed E-state index contributed by atoms with van der Waals surface area (Å²) in [5.41, 5.74) is 0.214. The van der Waals surface area contributed by atoms with Gasteiger partial charge in [-0.05, 0) is 38.5 Å². The number of hydrogen-bond acceptors (Lipinski definition) is 5. The second kappa shape index (κ2) is 8.49. The van der Waals surface area contributed by atoms with E-state index in [1.165, 1.54) is 0 Å². The molecule has 29 heavy (non-hydrogen) atoms. The first-order valence-electron chi connectivity index (χ1n) is 9.50. The van der Waals surface area contributed by atoms with E-state index in [9.17, 15) is 14.4 Å². The molecule has 6 heteroatoms. The lowest BCUT2D eigenvalue weighted by Gasteiger charge is -2.33. The van der Waals surface area contributed by atoms with E-state index in [1.807, 2.05) is 30.3 Å². The Balaban J connectivity index is 2.13. The lowest BCUT2D eigenvalue weighted by Crippen LogP contribution is -2.41. The molecule has 0 bridgehead atoms. The molecule has 1 aliphatic rings. The van der Waals surface area contributed by atoms with Crippen molar-refractivity contribution in [2.45, 2.75) is 32.3 Å². The van der Waals surface area contributed by atoms with Gasteiger partial charge in [0.25, 0.3) is 0 Å². The van der Waals surface area contributed by atoms with Crippen LogP contribution < -0.4 is 0 Å². The van der Waals surface area contributed by atoms with E-state index in [4.69, 9.17) is 9.47 Å². The molecular formula is C23H23BrO5. The Morgan fingerprint density at radius 2 is 1.72 bits per heavy atom. The first-order valence-corrected chi connectivity index (χ1v) is 10.3. The summed E-state index contributed by atoms with van der Waals surface area (Å²) < 4.78 is 11.6. The van der Waals surface area contributed by atoms with Crippen molar-refractivity contribution in [3.05, 3.63) is 70.2 Å². The molecule has 3 rings (SSSR count). The van der Waals surface area contributed by atoms with Crippen LogP contribution in [-0.2, 0) is 19.1 Å². The van der Waals surface area contributed by atoms with Gasteiger partial charge >= 0.3 is 11.9 Å². The van der Waals surface area contributed by atoms with E-state index in [1.54, 1.807) is 45.0 Å². The number of ketones is 1. The first-order chi connectivity index (χ1) is 13.8. The highest BCUT2D eigenvalue weighted by molar-refractivity contribution is 9.10. The standard InChI is InChI=1S/C23H23BrO5/c1-4-28-21(26)18-19(23(2,3)29-22(18)27)17(14-8-6-5-7-9-14)20(25)15-10-12-16(24)13-11-15/h5-13,17-19H,4H2,1-3H3/t17-,18-,19-/m1/s1. The van der Waals surface area contributed by atoms with Gasteiger partial charge in [-0.2, -0.15) is 0 Å². The third kappa shape index (κ3) is 4.27. The maximum Gasteiger partial charge on any atom is 0.321 e. The van der Waals surface area contributed by atoms with Gasteiger partial charge in [-0.15, -0.1) is 0 Å². The second-order valence-corrected chi connectivity index (χ2v) is 8.46. The summed E-state index contributed by atoms with van der Waals surface area (Å²) in [6, 6.07) is 16.2. The molecule has 0 radical (unpaired) electrons. The number of Topliss-reactive ketones (excluding diaryl/α,β-unsaturated/α-hetero) is 1. The number of hydrogen-bond donors (Lipinski definition) is 0. The van der Waals surface area contributed by atoms with E-state index in [-0.39, 0.29) is 12.4 Å². The average molecular weight is 459 g/mol. The number of halogens is 1. The topological polar surface area (TPSA) is 69.7 Å². The lowest BCUT2D eigenvalue weighted by atomic mass is 9.69. The molecule has 5 nitrogen and oxygen atoms in total. The van der Waals surface area contributed by atoms with Gasteiger partial charge in [0.1, 0.15) is 5.60 Å². The highest BCUT2D eigenvalue weighted by Crippen LogP contribution is 2.47. The van der Waals surface area contributed by atoms with Crippen LogP contribution in [0.5, 0.6) is 0 Å². The van der Waals surface area contributed by atoms with Crippen LogP contribution in [0.1, 0.15) is 42.6 Å². The van der Waals surface area contributed by atoms with Gasteiger partial charge < -0.3 is 9.47 Å². The van der Waals surface area contributed by atoms with Crippen LogP contribution in [0.15, 0.2) is 59.1 Å². The first kappa shape index (κ1) is 21.2. The molecule has 1 fully saturated rings. The normalized spacial score (nSPS) is 21.3. The number of rotatable bonds is 6. The molecule has 0 amide bonds. The predicted octanol–water partition coefficient (Wildman–Crippen LogP) is 4.55. The molecule has 0 unspecified atom stereocenters. The average Bonchev–Trinajstić information content (AvgIpc) is 2.92. The van der Waals surface area contributed by atoms with E-state index in [0.717, 1.165) is 10.0 Å². The maximum absolute atomic E-state index is 13.6. The van der Waals surface area contributed by atoms with Crippen LogP contribution in [0.4, 0.5) is 0 Å². The molecule has 1 aliphatic heterocycles. The monoisotopic (exact) mass is 458 g/mol.